The number of hydrogen-bond acceptors (Lipinski definition) is 2. The van der Waals surface area contributed by atoms with E-state index in [0.717, 1.165) is 30.8 Å². The molecule has 0 fully saturated rings. The third kappa shape index (κ3) is 2.25. The van der Waals surface area contributed by atoms with E-state index in [4.69, 9.17) is 9.47 Å². The molecule has 1 aromatic carbocycles. The minimum atomic E-state index is 0.413. The predicted octanol–water partition coefficient (Wildman–Crippen LogP) is 3.19. The van der Waals surface area contributed by atoms with Crippen molar-refractivity contribution in [3.8, 4) is 11.5 Å². The van der Waals surface area contributed by atoms with Crippen molar-refractivity contribution in [2.75, 3.05) is 7.11 Å². The summed E-state index contributed by atoms with van der Waals surface area (Å²) in [6.45, 7) is 2.20. The normalized spacial score (nSPS) is 19.2. The molecule has 1 aromatic rings. The Morgan fingerprint density at radius 1 is 1.47 bits per heavy atom. The van der Waals surface area contributed by atoms with Gasteiger partial charge in [-0.2, -0.15) is 0 Å². The highest BCUT2D eigenvalue weighted by Gasteiger charge is 2.19. The van der Waals surface area contributed by atoms with E-state index in [1.165, 1.54) is 12.0 Å². The maximum absolute atomic E-state index is 5.92. The quantitative estimate of drug-likeness (QED) is 0.756. The maximum Gasteiger partial charge on any atom is 0.123 e. The number of hydrogen-bond donors (Lipinski definition) is 0. The van der Waals surface area contributed by atoms with Crippen molar-refractivity contribution in [3.05, 3.63) is 23.8 Å². The molecule has 2 rings (SSSR count). The highest BCUT2D eigenvalue weighted by atomic mass is 16.5. The van der Waals surface area contributed by atoms with E-state index in [1.54, 1.807) is 7.11 Å². The maximum atomic E-state index is 5.92. The molecule has 0 aliphatic carbocycles. The van der Waals surface area contributed by atoms with Crippen molar-refractivity contribution in [2.45, 2.75) is 38.7 Å². The first-order chi connectivity index (χ1) is 7.33. The average Bonchev–Trinajstić information content (AvgIpc) is 2.29. The fourth-order valence-corrected chi connectivity index (χ4v) is 2.07. The summed E-state index contributed by atoms with van der Waals surface area (Å²) in [6, 6.07) is 6.07. The van der Waals surface area contributed by atoms with Gasteiger partial charge in [0.25, 0.3) is 0 Å². The summed E-state index contributed by atoms with van der Waals surface area (Å²) in [4.78, 5) is 0. The van der Waals surface area contributed by atoms with Crippen LogP contribution in [0.15, 0.2) is 18.2 Å². The molecule has 1 unspecified atom stereocenters. The van der Waals surface area contributed by atoms with Crippen LogP contribution in [0.2, 0.25) is 0 Å². The number of methoxy groups -OCH3 is 1. The highest BCUT2D eigenvalue weighted by Crippen LogP contribution is 2.31. The Morgan fingerprint density at radius 3 is 3.07 bits per heavy atom. The summed E-state index contributed by atoms with van der Waals surface area (Å²) in [5, 5.41) is 0. The Morgan fingerprint density at radius 2 is 2.33 bits per heavy atom. The number of ether oxygens (including phenoxy) is 2. The second-order valence-corrected chi connectivity index (χ2v) is 4.04. The van der Waals surface area contributed by atoms with Crippen molar-refractivity contribution in [3.63, 3.8) is 0 Å². The summed E-state index contributed by atoms with van der Waals surface area (Å²) in [5.74, 6) is 1.96. The van der Waals surface area contributed by atoms with Gasteiger partial charge in [-0.15, -0.1) is 0 Å². The van der Waals surface area contributed by atoms with Gasteiger partial charge < -0.3 is 9.47 Å². The van der Waals surface area contributed by atoms with Crippen LogP contribution in [-0.2, 0) is 6.42 Å². The molecule has 1 aliphatic rings. The van der Waals surface area contributed by atoms with Crippen molar-refractivity contribution in [2.24, 2.45) is 0 Å². The van der Waals surface area contributed by atoms with E-state index < -0.39 is 0 Å². The van der Waals surface area contributed by atoms with Gasteiger partial charge >= 0.3 is 0 Å². The monoisotopic (exact) mass is 206 g/mol. The van der Waals surface area contributed by atoms with Crippen LogP contribution in [0.4, 0.5) is 0 Å². The van der Waals surface area contributed by atoms with Crippen molar-refractivity contribution < 1.29 is 9.47 Å². The first-order valence-corrected chi connectivity index (χ1v) is 5.67. The molecule has 0 radical (unpaired) electrons. The van der Waals surface area contributed by atoms with Gasteiger partial charge in [0.2, 0.25) is 0 Å². The van der Waals surface area contributed by atoms with Crippen LogP contribution in [0, 0.1) is 0 Å². The van der Waals surface area contributed by atoms with Crippen LogP contribution in [0.3, 0.4) is 0 Å². The third-order valence-corrected chi connectivity index (χ3v) is 2.91. The molecule has 1 heterocycles. The lowest BCUT2D eigenvalue weighted by atomic mass is 9.99. The number of benzene rings is 1. The van der Waals surface area contributed by atoms with Crippen molar-refractivity contribution in [1.29, 1.82) is 0 Å². The van der Waals surface area contributed by atoms with Gasteiger partial charge in [-0.05, 0) is 43.0 Å². The summed E-state index contributed by atoms with van der Waals surface area (Å²) in [6.07, 6.45) is 5.00. The van der Waals surface area contributed by atoms with Gasteiger partial charge in [-0.1, -0.05) is 13.3 Å². The van der Waals surface area contributed by atoms with Crippen LogP contribution >= 0.6 is 0 Å². The largest absolute Gasteiger partial charge is 0.497 e. The Hall–Kier alpha value is -1.18. The summed E-state index contributed by atoms with van der Waals surface area (Å²) < 4.78 is 11.1. The minimum Gasteiger partial charge on any atom is -0.497 e. The summed E-state index contributed by atoms with van der Waals surface area (Å²) in [5.41, 5.74) is 1.28. The topological polar surface area (TPSA) is 18.5 Å². The number of fused-ring (bicyclic) bond motifs is 1. The van der Waals surface area contributed by atoms with Gasteiger partial charge in [0.1, 0.15) is 11.5 Å². The van der Waals surface area contributed by atoms with E-state index in [0.29, 0.717) is 6.10 Å². The summed E-state index contributed by atoms with van der Waals surface area (Å²) >= 11 is 0. The first kappa shape index (κ1) is 10.3. The van der Waals surface area contributed by atoms with Gasteiger partial charge in [-0.25, -0.2) is 0 Å². The third-order valence-electron chi connectivity index (χ3n) is 2.91. The van der Waals surface area contributed by atoms with Crippen LogP contribution in [0.1, 0.15) is 31.7 Å². The van der Waals surface area contributed by atoms with Crippen molar-refractivity contribution >= 4 is 0 Å². The van der Waals surface area contributed by atoms with Crippen LogP contribution in [0.25, 0.3) is 0 Å². The van der Waals surface area contributed by atoms with E-state index >= 15 is 0 Å². The van der Waals surface area contributed by atoms with E-state index in [-0.39, 0.29) is 0 Å². The molecular weight excluding hydrogens is 188 g/mol. The fraction of sp³-hybridized carbons (Fsp3) is 0.538. The Bertz CT molecular complexity index is 333. The Kier molecular flexibility index (Phi) is 3.14. The van der Waals surface area contributed by atoms with Gasteiger partial charge in [0, 0.05) is 0 Å². The molecule has 0 saturated carbocycles. The lowest BCUT2D eigenvalue weighted by Crippen LogP contribution is -2.22. The van der Waals surface area contributed by atoms with Crippen LogP contribution in [-0.4, -0.2) is 13.2 Å². The molecule has 0 aromatic heterocycles. The lowest BCUT2D eigenvalue weighted by Gasteiger charge is -2.26. The van der Waals surface area contributed by atoms with Gasteiger partial charge in [-0.3, -0.25) is 0 Å². The van der Waals surface area contributed by atoms with Crippen LogP contribution < -0.4 is 9.47 Å². The zero-order valence-electron chi connectivity index (χ0n) is 9.45. The minimum absolute atomic E-state index is 0.413. The van der Waals surface area contributed by atoms with E-state index in [9.17, 15) is 0 Å². The Labute approximate surface area is 91.2 Å². The molecule has 1 aliphatic heterocycles. The smallest absolute Gasteiger partial charge is 0.123 e. The molecule has 82 valence electrons. The molecule has 15 heavy (non-hydrogen) atoms. The molecular formula is C13H18O2. The summed E-state index contributed by atoms with van der Waals surface area (Å²) in [7, 11) is 1.70. The van der Waals surface area contributed by atoms with Crippen LogP contribution in [0.5, 0.6) is 11.5 Å². The molecule has 0 amide bonds. The van der Waals surface area contributed by atoms with E-state index in [2.05, 4.69) is 13.0 Å². The average molecular weight is 206 g/mol. The lowest BCUT2D eigenvalue weighted by molar-refractivity contribution is 0.163. The first-order valence-electron chi connectivity index (χ1n) is 5.67. The number of aryl methyl sites for hydroxylation is 1. The number of rotatable bonds is 3. The second kappa shape index (κ2) is 4.56. The molecule has 0 N–H and O–H groups in total. The standard InChI is InChI=1S/C13H18O2/c1-3-4-11-6-5-10-9-12(14-2)7-8-13(10)15-11/h7-9,11H,3-6H2,1-2H3. The van der Waals surface area contributed by atoms with Gasteiger partial charge in [0.15, 0.2) is 0 Å². The molecule has 2 heteroatoms. The van der Waals surface area contributed by atoms with Gasteiger partial charge in [0.05, 0.1) is 13.2 Å². The van der Waals surface area contributed by atoms with Crippen molar-refractivity contribution in [1.82, 2.24) is 0 Å². The highest BCUT2D eigenvalue weighted by molar-refractivity contribution is 5.41. The van der Waals surface area contributed by atoms with E-state index in [1.807, 2.05) is 12.1 Å². The molecule has 0 bridgehead atoms. The molecule has 1 atom stereocenters. The predicted molar refractivity (Wildman–Crippen MR) is 60.6 cm³/mol. The molecule has 2 nitrogen and oxygen atoms in total. The fourth-order valence-electron chi connectivity index (χ4n) is 2.07. The molecule has 0 spiro atoms. The second-order valence-electron chi connectivity index (χ2n) is 4.04. The SMILES string of the molecule is CCCC1CCc2cc(OC)ccc2O1. The molecule has 0 saturated heterocycles. The zero-order chi connectivity index (χ0) is 10.7. The zero-order valence-corrected chi connectivity index (χ0v) is 9.45. The Balaban J connectivity index is 2.13.